The Morgan fingerprint density at radius 3 is 2.41 bits per heavy atom. The van der Waals surface area contributed by atoms with Gasteiger partial charge in [0.05, 0.1) is 11.9 Å². The number of hydrogen-bond donors (Lipinski definition) is 1. The predicted molar refractivity (Wildman–Crippen MR) is 117 cm³/mol. The quantitative estimate of drug-likeness (QED) is 0.581. The van der Waals surface area contributed by atoms with Gasteiger partial charge in [0, 0.05) is 15.6 Å². The molecule has 152 valence electrons. The Morgan fingerprint density at radius 1 is 1.10 bits per heavy atom. The van der Waals surface area contributed by atoms with Crippen LogP contribution in [-0.4, -0.2) is 37.3 Å². The minimum absolute atomic E-state index is 0.260. The number of halogens is 2. The molecule has 1 N–H and O–H groups in total. The first-order valence-electron chi connectivity index (χ1n) is 8.26. The molecule has 0 aliphatic carbocycles. The SMILES string of the molecule is Cc1ccc(Cl)cc1N(CC(=O)Nc1nnc(-c2ccc(Cl)cc2)s1)S(C)(=O)=O. The highest BCUT2D eigenvalue weighted by Crippen LogP contribution is 2.28. The predicted octanol–water partition coefficient (Wildman–Crippen LogP) is 4.23. The second kappa shape index (κ2) is 8.66. The van der Waals surface area contributed by atoms with Gasteiger partial charge in [0.15, 0.2) is 0 Å². The van der Waals surface area contributed by atoms with Crippen molar-refractivity contribution in [3.63, 3.8) is 0 Å². The summed E-state index contributed by atoms with van der Waals surface area (Å²) >= 11 is 13.0. The van der Waals surface area contributed by atoms with Gasteiger partial charge >= 0.3 is 0 Å². The third-order valence-electron chi connectivity index (χ3n) is 3.89. The van der Waals surface area contributed by atoms with Gasteiger partial charge in [-0.3, -0.25) is 14.4 Å². The minimum Gasteiger partial charge on any atom is -0.299 e. The number of aryl methyl sites for hydroxylation is 1. The molecule has 0 spiro atoms. The van der Waals surface area contributed by atoms with Gasteiger partial charge in [-0.05, 0) is 36.8 Å². The first-order valence-corrected chi connectivity index (χ1v) is 11.7. The molecule has 2 aromatic carbocycles. The van der Waals surface area contributed by atoms with E-state index in [-0.39, 0.29) is 5.13 Å². The summed E-state index contributed by atoms with van der Waals surface area (Å²) in [5.41, 5.74) is 1.82. The van der Waals surface area contributed by atoms with Crippen molar-refractivity contribution in [2.75, 3.05) is 22.4 Å². The molecule has 3 aromatic rings. The van der Waals surface area contributed by atoms with Gasteiger partial charge < -0.3 is 0 Å². The number of carbonyl (C=O) groups excluding carboxylic acids is 1. The van der Waals surface area contributed by atoms with Crippen LogP contribution >= 0.6 is 34.5 Å². The van der Waals surface area contributed by atoms with Crippen LogP contribution in [0, 0.1) is 6.92 Å². The number of aromatic nitrogens is 2. The molecule has 29 heavy (non-hydrogen) atoms. The molecule has 3 rings (SSSR count). The fraction of sp³-hybridized carbons (Fsp3) is 0.167. The fourth-order valence-electron chi connectivity index (χ4n) is 2.50. The Bertz CT molecular complexity index is 1150. The second-order valence-corrected chi connectivity index (χ2v) is 9.93. The van der Waals surface area contributed by atoms with E-state index in [1.807, 2.05) is 0 Å². The highest BCUT2D eigenvalue weighted by molar-refractivity contribution is 7.92. The second-order valence-electron chi connectivity index (χ2n) is 6.17. The lowest BCUT2D eigenvalue weighted by Gasteiger charge is -2.23. The van der Waals surface area contributed by atoms with Gasteiger partial charge in [-0.25, -0.2) is 8.42 Å². The Kier molecular flexibility index (Phi) is 6.42. The summed E-state index contributed by atoms with van der Waals surface area (Å²) in [6.07, 6.45) is 1.03. The molecule has 0 aliphatic rings. The van der Waals surface area contributed by atoms with Crippen molar-refractivity contribution in [3.05, 3.63) is 58.1 Å². The molecule has 1 amide bonds. The number of benzene rings is 2. The third-order valence-corrected chi connectivity index (χ3v) is 6.39. The Morgan fingerprint density at radius 2 is 1.76 bits per heavy atom. The standard InChI is InChI=1S/C18H16Cl2N4O3S2/c1-11-3-6-14(20)9-15(11)24(29(2,26)27)10-16(25)21-18-23-22-17(28-18)12-4-7-13(19)8-5-12/h3-9H,10H2,1-2H3,(H,21,23,25). The van der Waals surface area contributed by atoms with Gasteiger partial charge in [0.2, 0.25) is 21.1 Å². The Balaban J connectivity index is 1.78. The number of anilines is 2. The van der Waals surface area contributed by atoms with Crippen molar-refractivity contribution in [1.82, 2.24) is 10.2 Å². The molecular weight excluding hydrogens is 455 g/mol. The Hall–Kier alpha value is -2.20. The number of carbonyl (C=O) groups is 1. The van der Waals surface area contributed by atoms with Crippen LogP contribution in [0.2, 0.25) is 10.0 Å². The van der Waals surface area contributed by atoms with Crippen LogP contribution in [0.15, 0.2) is 42.5 Å². The molecule has 0 saturated heterocycles. The Labute approximate surface area is 182 Å². The van der Waals surface area contributed by atoms with E-state index in [4.69, 9.17) is 23.2 Å². The van der Waals surface area contributed by atoms with Crippen LogP contribution in [0.25, 0.3) is 10.6 Å². The molecule has 1 heterocycles. The first kappa shape index (κ1) is 21.5. The maximum Gasteiger partial charge on any atom is 0.246 e. The van der Waals surface area contributed by atoms with Crippen molar-refractivity contribution >= 4 is 61.3 Å². The van der Waals surface area contributed by atoms with Gasteiger partial charge in [0.25, 0.3) is 0 Å². The average molecular weight is 471 g/mol. The normalized spacial score (nSPS) is 11.3. The zero-order valence-corrected chi connectivity index (χ0v) is 18.5. The number of rotatable bonds is 6. The lowest BCUT2D eigenvalue weighted by Crippen LogP contribution is -2.37. The van der Waals surface area contributed by atoms with E-state index in [1.54, 1.807) is 43.3 Å². The minimum atomic E-state index is -3.72. The first-order chi connectivity index (χ1) is 13.6. The van der Waals surface area contributed by atoms with Crippen molar-refractivity contribution in [2.45, 2.75) is 6.92 Å². The molecule has 0 aliphatic heterocycles. The molecule has 0 atom stereocenters. The van der Waals surface area contributed by atoms with Gasteiger partial charge in [0.1, 0.15) is 11.6 Å². The van der Waals surface area contributed by atoms with E-state index in [0.717, 1.165) is 16.1 Å². The molecule has 7 nitrogen and oxygen atoms in total. The smallest absolute Gasteiger partial charge is 0.246 e. The van der Waals surface area contributed by atoms with Crippen LogP contribution in [0.4, 0.5) is 10.8 Å². The van der Waals surface area contributed by atoms with Gasteiger partial charge in [-0.15, -0.1) is 10.2 Å². The monoisotopic (exact) mass is 470 g/mol. The van der Waals surface area contributed by atoms with Crippen molar-refractivity contribution in [2.24, 2.45) is 0 Å². The molecular formula is C18H16Cl2N4O3S2. The van der Waals surface area contributed by atoms with Crippen LogP contribution < -0.4 is 9.62 Å². The summed E-state index contributed by atoms with van der Waals surface area (Å²) in [6.45, 7) is 1.32. The van der Waals surface area contributed by atoms with E-state index in [0.29, 0.717) is 26.3 Å². The van der Waals surface area contributed by atoms with Crippen molar-refractivity contribution in [1.29, 1.82) is 0 Å². The number of hydrogen-bond acceptors (Lipinski definition) is 6. The summed E-state index contributed by atoms with van der Waals surface area (Å²) < 4.78 is 25.5. The van der Waals surface area contributed by atoms with Crippen LogP contribution in [-0.2, 0) is 14.8 Å². The maximum absolute atomic E-state index is 12.5. The highest BCUT2D eigenvalue weighted by atomic mass is 35.5. The lowest BCUT2D eigenvalue weighted by molar-refractivity contribution is -0.114. The lowest BCUT2D eigenvalue weighted by atomic mass is 10.2. The summed E-state index contributed by atoms with van der Waals surface area (Å²) in [4.78, 5) is 12.5. The fourth-order valence-corrected chi connectivity index (χ4v) is 4.47. The third kappa shape index (κ3) is 5.45. The highest BCUT2D eigenvalue weighted by Gasteiger charge is 2.23. The average Bonchev–Trinajstić information content (AvgIpc) is 3.10. The van der Waals surface area contributed by atoms with E-state index in [1.165, 1.54) is 17.4 Å². The topological polar surface area (TPSA) is 92.3 Å². The van der Waals surface area contributed by atoms with Gasteiger partial charge in [-0.2, -0.15) is 0 Å². The number of nitrogens with one attached hydrogen (secondary N) is 1. The molecule has 0 fully saturated rings. The van der Waals surface area contributed by atoms with Crippen molar-refractivity contribution < 1.29 is 13.2 Å². The number of amides is 1. The van der Waals surface area contributed by atoms with E-state index < -0.39 is 22.5 Å². The van der Waals surface area contributed by atoms with E-state index >= 15 is 0 Å². The van der Waals surface area contributed by atoms with Crippen LogP contribution in [0.1, 0.15) is 5.56 Å². The number of nitrogens with zero attached hydrogens (tertiary/aromatic N) is 3. The molecule has 1 aromatic heterocycles. The van der Waals surface area contributed by atoms with E-state index in [2.05, 4.69) is 15.5 Å². The van der Waals surface area contributed by atoms with Crippen molar-refractivity contribution in [3.8, 4) is 10.6 Å². The van der Waals surface area contributed by atoms with Crippen LogP contribution in [0.3, 0.4) is 0 Å². The summed E-state index contributed by atoms with van der Waals surface area (Å²) in [5.74, 6) is -0.548. The summed E-state index contributed by atoms with van der Waals surface area (Å²) in [6, 6.07) is 11.9. The van der Waals surface area contributed by atoms with Crippen LogP contribution in [0.5, 0.6) is 0 Å². The largest absolute Gasteiger partial charge is 0.299 e. The molecule has 0 saturated carbocycles. The molecule has 0 unspecified atom stereocenters. The molecule has 0 radical (unpaired) electrons. The summed E-state index contributed by atoms with van der Waals surface area (Å²) in [5, 5.41) is 12.4. The maximum atomic E-state index is 12.5. The number of sulfonamides is 1. The zero-order valence-electron chi connectivity index (χ0n) is 15.4. The zero-order chi connectivity index (χ0) is 21.2. The molecule has 11 heteroatoms. The van der Waals surface area contributed by atoms with E-state index in [9.17, 15) is 13.2 Å². The molecule has 0 bridgehead atoms. The van der Waals surface area contributed by atoms with Gasteiger partial charge in [-0.1, -0.05) is 52.7 Å². The summed E-state index contributed by atoms with van der Waals surface area (Å²) in [7, 11) is -3.72.